The Hall–Kier alpha value is -1.45. The van der Waals surface area contributed by atoms with Gasteiger partial charge in [0.25, 0.3) is 0 Å². The summed E-state index contributed by atoms with van der Waals surface area (Å²) in [5.41, 5.74) is 0. The molecular weight excluding hydrogens is 386 g/mol. The zero-order valence-electron chi connectivity index (χ0n) is 15.2. The van der Waals surface area contributed by atoms with Crippen LogP contribution in [0.15, 0.2) is 17.5 Å². The summed E-state index contributed by atoms with van der Waals surface area (Å²) < 4.78 is 23.4. The number of carbonyl (C=O) groups excluding carboxylic acids is 2. The van der Waals surface area contributed by atoms with Gasteiger partial charge in [-0.1, -0.05) is 6.07 Å². The van der Waals surface area contributed by atoms with E-state index in [1.54, 1.807) is 16.2 Å². The van der Waals surface area contributed by atoms with E-state index < -0.39 is 9.84 Å². The maximum atomic E-state index is 12.9. The van der Waals surface area contributed by atoms with Crippen molar-refractivity contribution in [3.8, 4) is 0 Å². The molecular formula is C18H25N3O4S2. The van der Waals surface area contributed by atoms with Crippen LogP contribution in [0.3, 0.4) is 0 Å². The van der Waals surface area contributed by atoms with E-state index in [0.29, 0.717) is 26.1 Å². The number of rotatable bonds is 4. The zero-order chi connectivity index (χ0) is 19.0. The SMILES string of the molecule is O=C([C@@H]1CC(=O)N([C@@H]2CCS(=O)(=O)C2)C1)N1CCN(Cc2cccs2)CC1. The van der Waals surface area contributed by atoms with Crippen molar-refractivity contribution < 1.29 is 18.0 Å². The molecule has 4 rings (SSSR count). The van der Waals surface area contributed by atoms with Gasteiger partial charge >= 0.3 is 0 Å². The first-order chi connectivity index (χ1) is 12.9. The van der Waals surface area contributed by atoms with E-state index in [9.17, 15) is 18.0 Å². The molecule has 3 saturated heterocycles. The van der Waals surface area contributed by atoms with Gasteiger partial charge in [-0.2, -0.15) is 0 Å². The molecule has 1 aromatic rings. The van der Waals surface area contributed by atoms with Gasteiger partial charge in [-0.25, -0.2) is 8.42 Å². The van der Waals surface area contributed by atoms with Gasteiger partial charge in [0.2, 0.25) is 11.8 Å². The molecule has 7 nitrogen and oxygen atoms in total. The monoisotopic (exact) mass is 411 g/mol. The van der Waals surface area contributed by atoms with Crippen LogP contribution in [0.25, 0.3) is 0 Å². The maximum absolute atomic E-state index is 12.9. The minimum Gasteiger partial charge on any atom is -0.340 e. The molecule has 3 aliphatic rings. The molecule has 0 saturated carbocycles. The van der Waals surface area contributed by atoms with E-state index in [4.69, 9.17) is 0 Å². The third-order valence-corrected chi connectivity index (χ3v) is 8.41. The quantitative estimate of drug-likeness (QED) is 0.718. The normalized spacial score (nSPS) is 28.8. The van der Waals surface area contributed by atoms with Crippen LogP contribution in [-0.4, -0.2) is 85.2 Å². The standard InChI is InChI=1S/C18H25N3O4S2/c22-17-10-14(11-21(17)15-3-9-27(24,25)13-15)18(23)20-6-4-19(5-7-20)12-16-2-1-8-26-16/h1-2,8,14-15H,3-7,9-13H2/t14-,15-/m1/s1. The van der Waals surface area contributed by atoms with E-state index in [2.05, 4.69) is 22.4 Å². The summed E-state index contributed by atoms with van der Waals surface area (Å²) in [6.07, 6.45) is 0.709. The number of thiophene rings is 1. The third-order valence-electron chi connectivity index (χ3n) is 5.80. The van der Waals surface area contributed by atoms with Crippen molar-refractivity contribution in [2.75, 3.05) is 44.2 Å². The van der Waals surface area contributed by atoms with Gasteiger partial charge in [0, 0.05) is 56.6 Å². The minimum absolute atomic E-state index is 0.0427. The molecule has 1 aromatic heterocycles. The lowest BCUT2D eigenvalue weighted by atomic mass is 10.1. The van der Waals surface area contributed by atoms with Crippen LogP contribution in [0.2, 0.25) is 0 Å². The molecule has 0 aromatic carbocycles. The van der Waals surface area contributed by atoms with Crippen LogP contribution >= 0.6 is 11.3 Å². The highest BCUT2D eigenvalue weighted by Gasteiger charge is 2.43. The van der Waals surface area contributed by atoms with E-state index in [0.717, 1.165) is 19.6 Å². The average Bonchev–Trinajstić information content (AvgIpc) is 3.35. The fourth-order valence-electron chi connectivity index (χ4n) is 4.28. The number of nitrogens with zero attached hydrogens (tertiary/aromatic N) is 3. The van der Waals surface area contributed by atoms with Crippen LogP contribution in [0.5, 0.6) is 0 Å². The van der Waals surface area contributed by atoms with Gasteiger partial charge in [0.05, 0.1) is 17.4 Å². The molecule has 2 amide bonds. The summed E-state index contributed by atoms with van der Waals surface area (Å²) in [6, 6.07) is 3.94. The van der Waals surface area contributed by atoms with E-state index in [1.807, 2.05) is 4.90 Å². The second-order valence-corrected chi connectivity index (χ2v) is 10.9. The Morgan fingerprint density at radius 2 is 2.00 bits per heavy atom. The number of carbonyl (C=O) groups is 2. The molecule has 4 heterocycles. The molecule has 148 valence electrons. The van der Waals surface area contributed by atoms with Crippen LogP contribution in [0, 0.1) is 5.92 Å². The molecule has 0 aliphatic carbocycles. The van der Waals surface area contributed by atoms with E-state index in [-0.39, 0.29) is 41.7 Å². The van der Waals surface area contributed by atoms with Gasteiger partial charge in [-0.05, 0) is 17.9 Å². The smallest absolute Gasteiger partial charge is 0.228 e. The van der Waals surface area contributed by atoms with E-state index >= 15 is 0 Å². The Balaban J connectivity index is 1.29. The summed E-state index contributed by atoms with van der Waals surface area (Å²) in [6.45, 7) is 4.35. The Bertz CT molecular complexity index is 801. The van der Waals surface area contributed by atoms with Crippen molar-refractivity contribution in [1.82, 2.24) is 14.7 Å². The fourth-order valence-corrected chi connectivity index (χ4v) is 6.76. The highest BCUT2D eigenvalue weighted by atomic mass is 32.2. The average molecular weight is 412 g/mol. The van der Waals surface area contributed by atoms with E-state index in [1.165, 1.54) is 4.88 Å². The number of amides is 2. The highest BCUT2D eigenvalue weighted by molar-refractivity contribution is 7.91. The van der Waals surface area contributed by atoms with Gasteiger partial charge in [0.1, 0.15) is 0 Å². The fraction of sp³-hybridized carbons (Fsp3) is 0.667. The summed E-state index contributed by atoms with van der Waals surface area (Å²) in [5.74, 6) is -0.174. The molecule has 3 fully saturated rings. The van der Waals surface area contributed by atoms with Crippen LogP contribution in [-0.2, 0) is 26.0 Å². The number of sulfone groups is 1. The molecule has 27 heavy (non-hydrogen) atoms. The van der Waals surface area contributed by atoms with Crippen LogP contribution in [0.1, 0.15) is 17.7 Å². The minimum atomic E-state index is -3.04. The number of hydrogen-bond donors (Lipinski definition) is 0. The molecule has 0 bridgehead atoms. The maximum Gasteiger partial charge on any atom is 0.228 e. The van der Waals surface area contributed by atoms with Crippen molar-refractivity contribution in [2.24, 2.45) is 5.92 Å². The second kappa shape index (κ2) is 7.52. The number of hydrogen-bond acceptors (Lipinski definition) is 6. The topological polar surface area (TPSA) is 78.0 Å². The lowest BCUT2D eigenvalue weighted by Gasteiger charge is -2.35. The van der Waals surface area contributed by atoms with Gasteiger partial charge in [-0.3, -0.25) is 14.5 Å². The van der Waals surface area contributed by atoms with Crippen molar-refractivity contribution in [3.63, 3.8) is 0 Å². The molecule has 0 N–H and O–H groups in total. The zero-order valence-corrected chi connectivity index (χ0v) is 16.9. The molecule has 3 aliphatic heterocycles. The van der Waals surface area contributed by atoms with Crippen LogP contribution < -0.4 is 0 Å². The lowest BCUT2D eigenvalue weighted by Crippen LogP contribution is -2.50. The van der Waals surface area contributed by atoms with Gasteiger partial charge < -0.3 is 9.80 Å². The molecule has 0 spiro atoms. The predicted molar refractivity (Wildman–Crippen MR) is 103 cm³/mol. The predicted octanol–water partition coefficient (Wildman–Crippen LogP) is 0.428. The van der Waals surface area contributed by atoms with Gasteiger partial charge in [-0.15, -0.1) is 11.3 Å². The van der Waals surface area contributed by atoms with Crippen molar-refractivity contribution in [2.45, 2.75) is 25.4 Å². The van der Waals surface area contributed by atoms with Crippen molar-refractivity contribution in [3.05, 3.63) is 22.4 Å². The summed E-state index contributed by atoms with van der Waals surface area (Å²) in [4.78, 5) is 32.4. The molecule has 0 unspecified atom stereocenters. The lowest BCUT2D eigenvalue weighted by molar-refractivity contribution is -0.137. The summed E-state index contributed by atoms with van der Waals surface area (Å²) >= 11 is 1.75. The molecule has 0 radical (unpaired) electrons. The molecule has 9 heteroatoms. The van der Waals surface area contributed by atoms with Crippen LogP contribution in [0.4, 0.5) is 0 Å². The Labute approximate surface area is 163 Å². The summed E-state index contributed by atoms with van der Waals surface area (Å²) in [5, 5.41) is 2.08. The Morgan fingerprint density at radius 3 is 2.63 bits per heavy atom. The van der Waals surface area contributed by atoms with Crippen molar-refractivity contribution in [1.29, 1.82) is 0 Å². The first-order valence-corrected chi connectivity index (χ1v) is 12.1. The Morgan fingerprint density at radius 1 is 1.22 bits per heavy atom. The molecule has 2 atom stereocenters. The number of likely N-dealkylation sites (tertiary alicyclic amines) is 1. The summed E-state index contributed by atoms with van der Waals surface area (Å²) in [7, 11) is -3.04. The second-order valence-electron chi connectivity index (χ2n) is 7.68. The Kier molecular flexibility index (Phi) is 5.26. The highest BCUT2D eigenvalue weighted by Crippen LogP contribution is 2.27. The largest absolute Gasteiger partial charge is 0.340 e. The van der Waals surface area contributed by atoms with Gasteiger partial charge in [0.15, 0.2) is 9.84 Å². The van der Waals surface area contributed by atoms with Crippen molar-refractivity contribution >= 4 is 33.0 Å². The first kappa shape index (κ1) is 18.9. The third kappa shape index (κ3) is 4.20. The number of piperazine rings is 1. The first-order valence-electron chi connectivity index (χ1n) is 9.45.